The number of hydrogen-bond donors (Lipinski definition) is 1. The summed E-state index contributed by atoms with van der Waals surface area (Å²) in [5.74, 6) is 5.24. The van der Waals surface area contributed by atoms with Gasteiger partial charge in [-0.05, 0) is 20.5 Å². The first-order chi connectivity index (χ1) is 7.74. The topological polar surface area (TPSA) is 15.3 Å². The summed E-state index contributed by atoms with van der Waals surface area (Å²) in [5, 5.41) is 3.74. The second-order valence-corrected chi connectivity index (χ2v) is 6.96. The van der Waals surface area contributed by atoms with Crippen molar-refractivity contribution in [3.8, 4) is 0 Å². The normalized spacial score (nSPS) is 21.0. The van der Waals surface area contributed by atoms with Crippen molar-refractivity contribution in [3.63, 3.8) is 0 Å². The molecule has 0 aliphatic carbocycles. The Bertz CT molecular complexity index is 168. The number of hydrogen-bond acceptors (Lipinski definition) is 4. The van der Waals surface area contributed by atoms with Crippen LogP contribution in [0.4, 0.5) is 0 Å². The van der Waals surface area contributed by atoms with Gasteiger partial charge in [-0.1, -0.05) is 13.3 Å². The highest BCUT2D eigenvalue weighted by atomic mass is 32.2. The van der Waals surface area contributed by atoms with Gasteiger partial charge in [0.25, 0.3) is 0 Å². The van der Waals surface area contributed by atoms with Crippen LogP contribution in [0.2, 0.25) is 0 Å². The fourth-order valence-corrected chi connectivity index (χ4v) is 4.38. The fourth-order valence-electron chi connectivity index (χ4n) is 1.91. The zero-order valence-electron chi connectivity index (χ0n) is 10.9. The van der Waals surface area contributed by atoms with Crippen molar-refractivity contribution < 1.29 is 0 Å². The van der Waals surface area contributed by atoms with Crippen LogP contribution in [0.3, 0.4) is 0 Å². The Hall–Kier alpha value is 0.620. The van der Waals surface area contributed by atoms with E-state index < -0.39 is 0 Å². The highest BCUT2D eigenvalue weighted by Crippen LogP contribution is 2.16. The molecule has 1 heterocycles. The molecule has 0 unspecified atom stereocenters. The second-order valence-electron chi connectivity index (χ2n) is 4.66. The summed E-state index contributed by atoms with van der Waals surface area (Å²) in [4.78, 5) is 2.35. The summed E-state index contributed by atoms with van der Waals surface area (Å²) in [6, 6.07) is 1.42. The van der Waals surface area contributed by atoms with Gasteiger partial charge in [-0.2, -0.15) is 23.5 Å². The smallest absolute Gasteiger partial charge is 0.0249 e. The van der Waals surface area contributed by atoms with E-state index in [1.165, 1.54) is 35.9 Å². The average Bonchev–Trinajstić information content (AvgIpc) is 2.52. The highest BCUT2D eigenvalue weighted by molar-refractivity contribution is 8.03. The standard InChI is InChI=1S/C12H26N2S2/c1-4-5-12(14(2)3)8-13-11-9-15-6-7-16-10-11/h11-13H,4-10H2,1-3H3/t12-/m0/s1. The lowest BCUT2D eigenvalue weighted by molar-refractivity contribution is 0.263. The first-order valence-electron chi connectivity index (χ1n) is 6.29. The third-order valence-electron chi connectivity index (χ3n) is 3.00. The van der Waals surface area contributed by atoms with Crippen molar-refractivity contribution in [1.29, 1.82) is 0 Å². The maximum absolute atomic E-state index is 3.74. The Kier molecular flexibility index (Phi) is 7.96. The highest BCUT2D eigenvalue weighted by Gasteiger charge is 2.15. The predicted octanol–water partition coefficient (Wildman–Crippen LogP) is 2.15. The van der Waals surface area contributed by atoms with Crippen LogP contribution in [0.25, 0.3) is 0 Å². The molecule has 0 aromatic heterocycles. The Morgan fingerprint density at radius 2 is 1.88 bits per heavy atom. The molecule has 1 saturated heterocycles. The van der Waals surface area contributed by atoms with Crippen LogP contribution in [-0.2, 0) is 0 Å². The molecule has 0 aromatic carbocycles. The zero-order chi connectivity index (χ0) is 11.8. The third kappa shape index (κ3) is 5.80. The molecule has 0 saturated carbocycles. The van der Waals surface area contributed by atoms with E-state index in [0.29, 0.717) is 6.04 Å². The summed E-state index contributed by atoms with van der Waals surface area (Å²) >= 11 is 4.20. The van der Waals surface area contributed by atoms with E-state index in [1.807, 2.05) is 0 Å². The number of nitrogens with one attached hydrogen (secondary N) is 1. The van der Waals surface area contributed by atoms with E-state index in [0.717, 1.165) is 12.6 Å². The van der Waals surface area contributed by atoms with Crippen molar-refractivity contribution in [1.82, 2.24) is 10.2 Å². The van der Waals surface area contributed by atoms with Crippen molar-refractivity contribution in [2.45, 2.75) is 31.8 Å². The van der Waals surface area contributed by atoms with Crippen molar-refractivity contribution in [2.24, 2.45) is 0 Å². The average molecular weight is 262 g/mol. The molecule has 4 heteroatoms. The molecule has 1 N–H and O–H groups in total. The van der Waals surface area contributed by atoms with Gasteiger partial charge in [0.15, 0.2) is 0 Å². The van der Waals surface area contributed by atoms with Gasteiger partial charge in [0.1, 0.15) is 0 Å². The molecule has 1 fully saturated rings. The molecule has 1 aliphatic heterocycles. The van der Waals surface area contributed by atoms with Crippen molar-refractivity contribution in [2.75, 3.05) is 43.7 Å². The number of rotatable bonds is 6. The molecule has 0 bridgehead atoms. The molecule has 1 atom stereocenters. The first kappa shape index (κ1) is 14.7. The van der Waals surface area contributed by atoms with E-state index >= 15 is 0 Å². The Morgan fingerprint density at radius 3 is 2.38 bits per heavy atom. The maximum atomic E-state index is 3.74. The molecular formula is C12H26N2S2. The molecule has 96 valence electrons. The Labute approximate surface area is 109 Å². The minimum atomic E-state index is 0.697. The van der Waals surface area contributed by atoms with Gasteiger partial charge in [-0.3, -0.25) is 0 Å². The van der Waals surface area contributed by atoms with E-state index in [4.69, 9.17) is 0 Å². The summed E-state index contributed by atoms with van der Waals surface area (Å²) < 4.78 is 0. The van der Waals surface area contributed by atoms with Gasteiger partial charge in [-0.25, -0.2) is 0 Å². The summed E-state index contributed by atoms with van der Waals surface area (Å²) in [5.41, 5.74) is 0. The summed E-state index contributed by atoms with van der Waals surface area (Å²) in [6.07, 6.45) is 2.58. The van der Waals surface area contributed by atoms with Gasteiger partial charge in [0.05, 0.1) is 0 Å². The third-order valence-corrected chi connectivity index (χ3v) is 5.52. The van der Waals surface area contributed by atoms with Gasteiger partial charge in [0.2, 0.25) is 0 Å². The molecule has 0 radical (unpaired) electrons. The Balaban J connectivity index is 2.24. The van der Waals surface area contributed by atoms with Crippen LogP contribution in [0, 0.1) is 0 Å². The van der Waals surface area contributed by atoms with Gasteiger partial charge < -0.3 is 10.2 Å². The van der Waals surface area contributed by atoms with E-state index in [1.54, 1.807) is 0 Å². The van der Waals surface area contributed by atoms with Crippen LogP contribution in [0.1, 0.15) is 19.8 Å². The van der Waals surface area contributed by atoms with Crippen LogP contribution < -0.4 is 5.32 Å². The molecule has 0 spiro atoms. The molecule has 0 amide bonds. The van der Waals surface area contributed by atoms with Gasteiger partial charge >= 0.3 is 0 Å². The largest absolute Gasteiger partial charge is 0.311 e. The number of likely N-dealkylation sites (N-methyl/N-ethyl adjacent to an activating group) is 1. The van der Waals surface area contributed by atoms with Crippen molar-refractivity contribution >= 4 is 23.5 Å². The minimum absolute atomic E-state index is 0.697. The lowest BCUT2D eigenvalue weighted by Crippen LogP contribution is -2.43. The Morgan fingerprint density at radius 1 is 1.25 bits per heavy atom. The lowest BCUT2D eigenvalue weighted by Gasteiger charge is -2.26. The SMILES string of the molecule is CCC[C@@H](CNC1CSCCSC1)N(C)C. The zero-order valence-corrected chi connectivity index (χ0v) is 12.5. The van der Waals surface area contributed by atoms with Crippen LogP contribution >= 0.6 is 23.5 Å². The molecule has 2 nitrogen and oxygen atoms in total. The van der Waals surface area contributed by atoms with E-state index in [2.05, 4.69) is 54.8 Å². The number of thioether (sulfide) groups is 2. The van der Waals surface area contributed by atoms with Crippen molar-refractivity contribution in [3.05, 3.63) is 0 Å². The first-order valence-corrected chi connectivity index (χ1v) is 8.60. The van der Waals surface area contributed by atoms with E-state index in [9.17, 15) is 0 Å². The second kappa shape index (κ2) is 8.67. The molecule has 1 rings (SSSR count). The molecular weight excluding hydrogens is 236 g/mol. The quantitative estimate of drug-likeness (QED) is 0.788. The van der Waals surface area contributed by atoms with Gasteiger partial charge in [-0.15, -0.1) is 0 Å². The predicted molar refractivity (Wildman–Crippen MR) is 78.8 cm³/mol. The minimum Gasteiger partial charge on any atom is -0.311 e. The summed E-state index contributed by atoms with van der Waals surface area (Å²) in [6.45, 7) is 3.42. The molecule has 16 heavy (non-hydrogen) atoms. The lowest BCUT2D eigenvalue weighted by atomic mass is 10.1. The monoisotopic (exact) mass is 262 g/mol. The van der Waals surface area contributed by atoms with Crippen LogP contribution in [0.15, 0.2) is 0 Å². The van der Waals surface area contributed by atoms with Crippen LogP contribution in [-0.4, -0.2) is 60.6 Å². The maximum Gasteiger partial charge on any atom is 0.0249 e. The fraction of sp³-hybridized carbons (Fsp3) is 1.00. The molecule has 0 aromatic rings. The summed E-state index contributed by atoms with van der Waals surface area (Å²) in [7, 11) is 4.39. The number of nitrogens with zero attached hydrogens (tertiary/aromatic N) is 1. The van der Waals surface area contributed by atoms with Crippen LogP contribution in [0.5, 0.6) is 0 Å². The van der Waals surface area contributed by atoms with Gasteiger partial charge in [0, 0.05) is 41.6 Å². The molecule has 1 aliphatic rings. The van der Waals surface area contributed by atoms with E-state index in [-0.39, 0.29) is 0 Å².